The van der Waals surface area contributed by atoms with Crippen LogP contribution >= 0.6 is 0 Å². The number of hydrogen-bond acceptors (Lipinski definition) is 6. The van der Waals surface area contributed by atoms with E-state index in [4.69, 9.17) is 9.47 Å². The van der Waals surface area contributed by atoms with Crippen molar-refractivity contribution in [2.75, 3.05) is 26.7 Å². The van der Waals surface area contributed by atoms with Gasteiger partial charge in [0, 0.05) is 19.2 Å². The molecule has 1 aliphatic heterocycles. The third-order valence-corrected chi connectivity index (χ3v) is 5.62. The Balaban J connectivity index is 1.31. The zero-order valence-electron chi connectivity index (χ0n) is 15.7. The van der Waals surface area contributed by atoms with E-state index >= 15 is 0 Å². The van der Waals surface area contributed by atoms with Gasteiger partial charge in [-0.3, -0.25) is 9.69 Å². The van der Waals surface area contributed by atoms with E-state index in [0.717, 1.165) is 25.9 Å². The molecule has 1 saturated heterocycles. The lowest BCUT2D eigenvalue weighted by molar-refractivity contribution is 0.0931. The molecule has 7 heteroatoms. The fourth-order valence-electron chi connectivity index (χ4n) is 4.28. The van der Waals surface area contributed by atoms with Crippen LogP contribution in [0.3, 0.4) is 0 Å². The van der Waals surface area contributed by atoms with E-state index in [-0.39, 0.29) is 29.2 Å². The average Bonchev–Trinajstić information content (AvgIpc) is 3.21. The molecule has 1 aliphatic carbocycles. The summed E-state index contributed by atoms with van der Waals surface area (Å²) in [6.45, 7) is 1.98. The predicted molar refractivity (Wildman–Crippen MR) is 100 cm³/mol. The highest BCUT2D eigenvalue weighted by atomic mass is 19.1. The van der Waals surface area contributed by atoms with Gasteiger partial charge in [-0.05, 0) is 48.9 Å². The molecule has 1 N–H and O–H groups in total. The molecule has 0 spiro atoms. The lowest BCUT2D eigenvalue weighted by Gasteiger charge is -2.19. The fraction of sp³-hybridized carbons (Fsp3) is 0.429. The van der Waals surface area contributed by atoms with Crippen molar-refractivity contribution in [1.29, 1.82) is 0 Å². The van der Waals surface area contributed by atoms with Gasteiger partial charge in [-0.25, -0.2) is 9.37 Å². The summed E-state index contributed by atoms with van der Waals surface area (Å²) in [6.07, 6.45) is 2.96. The highest BCUT2D eigenvalue weighted by Crippen LogP contribution is 2.40. The summed E-state index contributed by atoms with van der Waals surface area (Å²) < 4.78 is 25.0. The van der Waals surface area contributed by atoms with Gasteiger partial charge in [0.2, 0.25) is 0 Å². The van der Waals surface area contributed by atoms with E-state index in [1.807, 2.05) is 0 Å². The minimum absolute atomic E-state index is 0.0202. The summed E-state index contributed by atoms with van der Waals surface area (Å²) in [6, 6.07) is 7.52. The number of Topliss-reactive ketones (excluding diaryl/α,β-unsaturated/α-hetero) is 1. The highest BCUT2D eigenvalue weighted by molar-refractivity contribution is 5.95. The molecular weight excluding hydrogens is 363 g/mol. The zero-order chi connectivity index (χ0) is 19.7. The Hall–Kier alpha value is -2.67. The smallest absolute Gasteiger partial charge is 0.195 e. The number of carbonyl (C=O) groups is 1. The Bertz CT molecular complexity index is 844. The van der Waals surface area contributed by atoms with Crippen LogP contribution in [0.2, 0.25) is 0 Å². The Labute approximate surface area is 162 Å². The molecule has 0 unspecified atom stereocenters. The number of fused-ring (bicyclic) bond motifs is 1. The van der Waals surface area contributed by atoms with Crippen molar-refractivity contribution in [2.45, 2.75) is 18.9 Å². The van der Waals surface area contributed by atoms with Gasteiger partial charge in [-0.1, -0.05) is 0 Å². The number of ketones is 1. The molecule has 2 aromatic rings. The van der Waals surface area contributed by atoms with Crippen molar-refractivity contribution < 1.29 is 23.8 Å². The number of aromatic hydroxyl groups is 1. The second kappa shape index (κ2) is 7.75. The van der Waals surface area contributed by atoms with Crippen molar-refractivity contribution >= 4 is 5.78 Å². The molecule has 0 amide bonds. The topological polar surface area (TPSA) is 71.9 Å². The van der Waals surface area contributed by atoms with Gasteiger partial charge < -0.3 is 14.6 Å². The molecule has 2 heterocycles. The van der Waals surface area contributed by atoms with Crippen LogP contribution in [-0.2, 0) is 0 Å². The van der Waals surface area contributed by atoms with E-state index in [1.165, 1.54) is 18.3 Å². The lowest BCUT2D eigenvalue weighted by atomic mass is 10.0. The van der Waals surface area contributed by atoms with Crippen LogP contribution in [-0.4, -0.2) is 53.6 Å². The molecule has 148 valence electrons. The zero-order valence-corrected chi connectivity index (χ0v) is 15.7. The number of carbonyl (C=O) groups excluding carboxylic acids is 1. The largest absolute Gasteiger partial charge is 0.506 e. The van der Waals surface area contributed by atoms with Crippen LogP contribution in [0.25, 0.3) is 0 Å². The van der Waals surface area contributed by atoms with E-state index in [1.54, 1.807) is 25.3 Å². The Morgan fingerprint density at radius 3 is 2.64 bits per heavy atom. The van der Waals surface area contributed by atoms with Crippen LogP contribution in [0.4, 0.5) is 4.39 Å². The molecule has 0 radical (unpaired) electrons. The first-order valence-corrected chi connectivity index (χ1v) is 9.42. The van der Waals surface area contributed by atoms with Gasteiger partial charge in [0.25, 0.3) is 0 Å². The Morgan fingerprint density at radius 1 is 1.25 bits per heavy atom. The molecule has 1 aromatic heterocycles. The van der Waals surface area contributed by atoms with Crippen molar-refractivity contribution in [1.82, 2.24) is 9.88 Å². The van der Waals surface area contributed by atoms with Gasteiger partial charge in [0.05, 0.1) is 26.0 Å². The van der Waals surface area contributed by atoms with Crippen molar-refractivity contribution in [3.63, 3.8) is 0 Å². The number of pyridine rings is 1. The quantitative estimate of drug-likeness (QED) is 0.770. The summed E-state index contributed by atoms with van der Waals surface area (Å²) in [5.41, 5.74) is 0.365. The summed E-state index contributed by atoms with van der Waals surface area (Å²) in [7, 11) is 1.54. The Kier molecular flexibility index (Phi) is 5.17. The SMILES string of the molecule is COc1ccc(F)c(O[C@@H]2C[C@@H]3CN(CC(=O)c4ccc(O)cn4)C[C@@H]3C2)c1. The number of aromatic nitrogens is 1. The van der Waals surface area contributed by atoms with Gasteiger partial charge in [-0.15, -0.1) is 0 Å². The van der Waals surface area contributed by atoms with Gasteiger partial charge in [0.15, 0.2) is 17.3 Å². The predicted octanol–water partition coefficient (Wildman–Crippen LogP) is 2.91. The summed E-state index contributed by atoms with van der Waals surface area (Å²) in [5.74, 6) is 1.30. The fourth-order valence-corrected chi connectivity index (χ4v) is 4.28. The van der Waals surface area contributed by atoms with E-state index in [2.05, 4.69) is 9.88 Å². The van der Waals surface area contributed by atoms with Gasteiger partial charge in [0.1, 0.15) is 17.2 Å². The summed E-state index contributed by atoms with van der Waals surface area (Å²) >= 11 is 0. The molecule has 28 heavy (non-hydrogen) atoms. The number of hydrogen-bond donors (Lipinski definition) is 1. The average molecular weight is 386 g/mol. The molecule has 4 rings (SSSR count). The van der Waals surface area contributed by atoms with Crippen LogP contribution in [0.5, 0.6) is 17.2 Å². The monoisotopic (exact) mass is 386 g/mol. The van der Waals surface area contributed by atoms with Crippen molar-refractivity contribution in [3.05, 3.63) is 48.0 Å². The minimum atomic E-state index is -0.383. The second-order valence-corrected chi connectivity index (χ2v) is 7.55. The van der Waals surface area contributed by atoms with Crippen LogP contribution in [0.15, 0.2) is 36.5 Å². The molecule has 6 nitrogen and oxygen atoms in total. The van der Waals surface area contributed by atoms with Gasteiger partial charge >= 0.3 is 0 Å². The number of methoxy groups -OCH3 is 1. The number of benzene rings is 1. The van der Waals surface area contributed by atoms with Gasteiger partial charge in [-0.2, -0.15) is 0 Å². The molecule has 2 fully saturated rings. The molecule has 1 aromatic carbocycles. The summed E-state index contributed by atoms with van der Waals surface area (Å²) in [5, 5.41) is 9.28. The number of nitrogens with zero attached hydrogens (tertiary/aromatic N) is 2. The minimum Gasteiger partial charge on any atom is -0.506 e. The maximum Gasteiger partial charge on any atom is 0.195 e. The second-order valence-electron chi connectivity index (χ2n) is 7.55. The van der Waals surface area contributed by atoms with Crippen LogP contribution < -0.4 is 9.47 Å². The lowest BCUT2D eigenvalue weighted by Crippen LogP contribution is -2.30. The first-order chi connectivity index (χ1) is 13.5. The summed E-state index contributed by atoms with van der Waals surface area (Å²) in [4.78, 5) is 18.5. The first kappa shape index (κ1) is 18.7. The van der Waals surface area contributed by atoms with Crippen LogP contribution in [0.1, 0.15) is 23.3 Å². The van der Waals surface area contributed by atoms with E-state index < -0.39 is 0 Å². The number of likely N-dealkylation sites (tertiary alicyclic amines) is 1. The molecule has 2 aliphatic rings. The molecular formula is C21H23FN2O4. The third kappa shape index (κ3) is 3.94. The maximum absolute atomic E-state index is 14.0. The van der Waals surface area contributed by atoms with Crippen molar-refractivity contribution in [2.24, 2.45) is 11.8 Å². The van der Waals surface area contributed by atoms with E-state index in [9.17, 15) is 14.3 Å². The van der Waals surface area contributed by atoms with Crippen LogP contribution in [0, 0.1) is 17.7 Å². The molecule has 1 saturated carbocycles. The third-order valence-electron chi connectivity index (χ3n) is 5.62. The van der Waals surface area contributed by atoms with Crippen molar-refractivity contribution in [3.8, 4) is 17.2 Å². The molecule has 3 atom stereocenters. The number of ether oxygens (including phenoxy) is 2. The number of halogens is 1. The first-order valence-electron chi connectivity index (χ1n) is 9.42. The highest BCUT2D eigenvalue weighted by Gasteiger charge is 2.42. The maximum atomic E-state index is 14.0. The standard InChI is InChI=1S/C21H23FN2O4/c1-27-16-3-4-18(22)21(8-16)28-17-6-13-10-24(11-14(13)7-17)12-20(26)19-5-2-15(25)9-23-19/h2-5,8-9,13-14,17,25H,6-7,10-12H2,1H3/t13-,14+,17-. The normalized spacial score (nSPS) is 24.1. The van der Waals surface area contributed by atoms with E-state index in [0.29, 0.717) is 29.8 Å². The number of rotatable bonds is 6. The Morgan fingerprint density at radius 2 is 2.00 bits per heavy atom. The molecule has 0 bridgehead atoms.